The predicted octanol–water partition coefficient (Wildman–Crippen LogP) is 3.34. The molecule has 1 aromatic rings. The maximum Gasteiger partial charge on any atom is 0.295 e. The van der Waals surface area contributed by atoms with Gasteiger partial charge in [0.05, 0.1) is 22.0 Å². The van der Waals surface area contributed by atoms with Gasteiger partial charge in [0.1, 0.15) is 11.5 Å². The minimum Gasteiger partial charge on any atom is -0.360 e. The molecule has 0 spiro atoms. The lowest BCUT2D eigenvalue weighted by molar-refractivity contribution is -0.384. The molecule has 1 saturated heterocycles. The van der Waals surface area contributed by atoms with Crippen molar-refractivity contribution >= 4 is 27.3 Å². The Balaban J connectivity index is 2.44. The number of nitrogens with zero attached hydrogens (tertiary/aromatic N) is 2. The Labute approximate surface area is 109 Å². The Kier molecular flexibility index (Phi) is 3.22. The molecule has 8 heteroatoms. The fraction of sp³-hybridized carbons (Fsp3) is 0.400. The zero-order valence-electron chi connectivity index (χ0n) is 9.00. The zero-order valence-corrected chi connectivity index (χ0v) is 10.6. The smallest absolute Gasteiger partial charge is 0.295 e. The zero-order chi connectivity index (χ0) is 13.5. The Morgan fingerprint density at radius 2 is 2.11 bits per heavy atom. The molecular weight excluding hydrogens is 317 g/mol. The number of alkyl halides is 2. The van der Waals surface area contributed by atoms with Crippen molar-refractivity contribution in [3.8, 4) is 0 Å². The van der Waals surface area contributed by atoms with Crippen molar-refractivity contribution in [1.82, 2.24) is 0 Å². The number of nitro benzene ring substituents is 1. The number of hydrogen-bond donors (Lipinski definition) is 0. The van der Waals surface area contributed by atoms with Crippen LogP contribution < -0.4 is 4.90 Å². The lowest BCUT2D eigenvalue weighted by Gasteiger charge is -2.18. The molecule has 1 aromatic carbocycles. The van der Waals surface area contributed by atoms with E-state index in [0.717, 1.165) is 12.1 Å². The summed E-state index contributed by atoms with van der Waals surface area (Å²) in [5.74, 6) is -3.66. The van der Waals surface area contributed by atoms with Crippen LogP contribution in [-0.4, -0.2) is 23.9 Å². The summed E-state index contributed by atoms with van der Waals surface area (Å²) in [6, 6.07) is 1.89. The van der Waals surface area contributed by atoms with Gasteiger partial charge in [0.25, 0.3) is 11.6 Å². The lowest BCUT2D eigenvalue weighted by Crippen LogP contribution is -2.25. The SMILES string of the molecule is O=[N+]([O-])c1cc(F)c(Br)cc1N1CCC(F)(F)C1. The Morgan fingerprint density at radius 1 is 1.44 bits per heavy atom. The minimum absolute atomic E-state index is 0.00505. The van der Waals surface area contributed by atoms with Crippen LogP contribution in [0.15, 0.2) is 16.6 Å². The van der Waals surface area contributed by atoms with Crippen molar-refractivity contribution in [3.05, 3.63) is 32.5 Å². The number of halogens is 4. The molecule has 4 nitrogen and oxygen atoms in total. The summed E-state index contributed by atoms with van der Waals surface area (Å²) in [5.41, 5.74) is -0.501. The van der Waals surface area contributed by atoms with E-state index in [1.807, 2.05) is 0 Å². The van der Waals surface area contributed by atoms with Crippen molar-refractivity contribution in [3.63, 3.8) is 0 Å². The van der Waals surface area contributed by atoms with Gasteiger partial charge in [-0.25, -0.2) is 13.2 Å². The van der Waals surface area contributed by atoms with Crippen LogP contribution in [0, 0.1) is 15.9 Å². The quantitative estimate of drug-likeness (QED) is 0.619. The molecule has 1 heterocycles. The molecule has 98 valence electrons. The van der Waals surface area contributed by atoms with Crippen molar-refractivity contribution in [1.29, 1.82) is 0 Å². The molecule has 18 heavy (non-hydrogen) atoms. The van der Waals surface area contributed by atoms with E-state index >= 15 is 0 Å². The van der Waals surface area contributed by atoms with Crippen molar-refractivity contribution in [2.24, 2.45) is 0 Å². The Hall–Kier alpha value is -1.31. The van der Waals surface area contributed by atoms with Crippen LogP contribution >= 0.6 is 15.9 Å². The van der Waals surface area contributed by atoms with Gasteiger partial charge in [0.2, 0.25) is 0 Å². The monoisotopic (exact) mass is 324 g/mol. The first-order chi connectivity index (χ1) is 8.30. The molecule has 1 aliphatic heterocycles. The molecule has 1 fully saturated rings. The van der Waals surface area contributed by atoms with E-state index in [2.05, 4.69) is 15.9 Å². The van der Waals surface area contributed by atoms with Crippen LogP contribution in [0.1, 0.15) is 6.42 Å². The maximum atomic E-state index is 13.2. The highest BCUT2D eigenvalue weighted by molar-refractivity contribution is 9.10. The summed E-state index contributed by atoms with van der Waals surface area (Å²) in [6.07, 6.45) is -0.362. The maximum absolute atomic E-state index is 13.2. The molecule has 0 aromatic heterocycles. The van der Waals surface area contributed by atoms with E-state index in [9.17, 15) is 23.3 Å². The second-order valence-electron chi connectivity index (χ2n) is 4.04. The van der Waals surface area contributed by atoms with Gasteiger partial charge in [-0.15, -0.1) is 0 Å². The highest BCUT2D eigenvalue weighted by Gasteiger charge is 2.40. The first-order valence-electron chi connectivity index (χ1n) is 5.06. The fourth-order valence-corrected chi connectivity index (χ4v) is 2.20. The fourth-order valence-electron chi connectivity index (χ4n) is 1.87. The minimum atomic E-state index is -2.87. The van der Waals surface area contributed by atoms with Crippen molar-refractivity contribution < 1.29 is 18.1 Å². The third kappa shape index (κ3) is 2.43. The molecular formula is C10H8BrF3N2O2. The topological polar surface area (TPSA) is 46.4 Å². The van der Waals surface area contributed by atoms with Gasteiger partial charge in [0, 0.05) is 13.0 Å². The van der Waals surface area contributed by atoms with E-state index in [4.69, 9.17) is 0 Å². The Morgan fingerprint density at radius 3 is 2.61 bits per heavy atom. The summed E-state index contributed by atoms with van der Waals surface area (Å²) in [5, 5.41) is 10.8. The number of rotatable bonds is 2. The molecule has 0 bridgehead atoms. The largest absolute Gasteiger partial charge is 0.360 e. The molecule has 0 radical (unpaired) electrons. The third-order valence-corrected chi connectivity index (χ3v) is 3.33. The van der Waals surface area contributed by atoms with E-state index in [1.165, 1.54) is 4.90 Å². The van der Waals surface area contributed by atoms with Crippen molar-refractivity contribution in [2.45, 2.75) is 12.3 Å². The van der Waals surface area contributed by atoms with Crippen LogP contribution in [0.25, 0.3) is 0 Å². The highest BCUT2D eigenvalue weighted by Crippen LogP contribution is 2.38. The summed E-state index contributed by atoms with van der Waals surface area (Å²) in [6.45, 7) is -0.585. The first-order valence-corrected chi connectivity index (χ1v) is 5.86. The van der Waals surface area contributed by atoms with E-state index in [-0.39, 0.29) is 23.1 Å². The first kappa shape index (κ1) is 13.1. The third-order valence-electron chi connectivity index (χ3n) is 2.72. The molecule has 0 atom stereocenters. The summed E-state index contributed by atoms with van der Waals surface area (Å²) >= 11 is 2.89. The average Bonchev–Trinajstić information content (AvgIpc) is 2.62. The number of benzene rings is 1. The normalized spacial score (nSPS) is 18.1. The molecule has 0 saturated carbocycles. The van der Waals surface area contributed by atoms with Gasteiger partial charge in [-0.3, -0.25) is 10.1 Å². The van der Waals surface area contributed by atoms with E-state index in [0.29, 0.717) is 0 Å². The molecule has 0 N–H and O–H groups in total. The summed E-state index contributed by atoms with van der Waals surface area (Å²) in [4.78, 5) is 11.2. The van der Waals surface area contributed by atoms with Crippen LogP contribution in [-0.2, 0) is 0 Å². The van der Waals surface area contributed by atoms with Crippen molar-refractivity contribution in [2.75, 3.05) is 18.0 Å². The second kappa shape index (κ2) is 4.42. The lowest BCUT2D eigenvalue weighted by atomic mass is 10.2. The molecule has 0 amide bonds. The van der Waals surface area contributed by atoms with Crippen LogP contribution in [0.3, 0.4) is 0 Å². The number of hydrogen-bond acceptors (Lipinski definition) is 3. The molecule has 2 rings (SSSR count). The average molecular weight is 325 g/mol. The van der Waals surface area contributed by atoms with Gasteiger partial charge in [-0.2, -0.15) is 0 Å². The molecule has 0 aliphatic carbocycles. The van der Waals surface area contributed by atoms with Crippen LogP contribution in [0.2, 0.25) is 0 Å². The van der Waals surface area contributed by atoms with Gasteiger partial charge in [0.15, 0.2) is 0 Å². The van der Waals surface area contributed by atoms with E-state index < -0.39 is 28.9 Å². The number of nitro groups is 1. The molecule has 1 aliphatic rings. The van der Waals surface area contributed by atoms with Gasteiger partial charge in [-0.05, 0) is 22.0 Å². The van der Waals surface area contributed by atoms with Gasteiger partial charge >= 0.3 is 0 Å². The Bertz CT molecular complexity index is 510. The van der Waals surface area contributed by atoms with Gasteiger partial charge in [-0.1, -0.05) is 0 Å². The second-order valence-corrected chi connectivity index (χ2v) is 4.89. The highest BCUT2D eigenvalue weighted by atomic mass is 79.9. The standard InChI is InChI=1S/C10H8BrF3N2O2/c11-6-3-8(9(16(17)18)4-7(6)12)15-2-1-10(13,14)5-15/h3-4H,1-2,5H2. The summed E-state index contributed by atoms with van der Waals surface area (Å²) in [7, 11) is 0. The van der Waals surface area contributed by atoms with Crippen LogP contribution in [0.5, 0.6) is 0 Å². The van der Waals surface area contributed by atoms with E-state index in [1.54, 1.807) is 0 Å². The number of anilines is 1. The van der Waals surface area contributed by atoms with Gasteiger partial charge < -0.3 is 4.90 Å². The van der Waals surface area contributed by atoms with Crippen LogP contribution in [0.4, 0.5) is 24.5 Å². The predicted molar refractivity (Wildman–Crippen MR) is 62.5 cm³/mol. The molecule has 0 unspecified atom stereocenters. The summed E-state index contributed by atoms with van der Waals surface area (Å²) < 4.78 is 39.4.